The topological polar surface area (TPSA) is 139 Å². The van der Waals surface area contributed by atoms with Gasteiger partial charge >= 0.3 is 29.6 Å². The standard InChI is InChI=1S/C31H27ClFN3O7.Na/c1-41-26-16-21-23(17-27(26)42-13-3-6-28(37)38)34-12-9-24(21)43-25-8-7-20(15-22(25)33)36-30(40)31(10-11-31)29(39)35-19-5-2-4-18(32)14-19;/h2,4-5,7-9,12,14-17H,3,6,10-11,13H2,1H3,(H,35,39)(H,36,40)(H,37,38);/q;+1/p-1. The van der Waals surface area contributed by atoms with Crippen molar-refractivity contribution in [2.45, 2.75) is 25.7 Å². The molecule has 1 heterocycles. The van der Waals surface area contributed by atoms with Gasteiger partial charge in [0.25, 0.3) is 0 Å². The zero-order chi connectivity index (χ0) is 30.6. The van der Waals surface area contributed by atoms with Crippen LogP contribution in [-0.4, -0.2) is 36.5 Å². The van der Waals surface area contributed by atoms with E-state index in [4.69, 9.17) is 25.8 Å². The van der Waals surface area contributed by atoms with Gasteiger partial charge in [-0.3, -0.25) is 14.6 Å². The monoisotopic (exact) mass is 629 g/mol. The molecule has 2 amide bonds. The Morgan fingerprint density at radius 1 is 0.955 bits per heavy atom. The summed E-state index contributed by atoms with van der Waals surface area (Å²) in [6, 6.07) is 15.4. The van der Waals surface area contributed by atoms with Crippen molar-refractivity contribution in [3.8, 4) is 23.0 Å². The Labute approximate surface area is 279 Å². The van der Waals surface area contributed by atoms with E-state index in [-0.39, 0.29) is 66.2 Å². The van der Waals surface area contributed by atoms with Gasteiger partial charge in [-0.25, -0.2) is 4.39 Å². The molecule has 0 aliphatic heterocycles. The Hall–Kier alpha value is -3.90. The summed E-state index contributed by atoms with van der Waals surface area (Å²) in [7, 11) is 1.45. The van der Waals surface area contributed by atoms with Crippen LogP contribution in [0.25, 0.3) is 10.9 Å². The van der Waals surface area contributed by atoms with Gasteiger partial charge in [-0.2, -0.15) is 0 Å². The first-order valence-corrected chi connectivity index (χ1v) is 13.7. The van der Waals surface area contributed by atoms with Crippen molar-refractivity contribution in [2.24, 2.45) is 5.41 Å². The smallest absolute Gasteiger partial charge is 0.550 e. The maximum absolute atomic E-state index is 15.1. The van der Waals surface area contributed by atoms with Crippen LogP contribution in [0.4, 0.5) is 15.8 Å². The van der Waals surface area contributed by atoms with Crippen LogP contribution in [0.3, 0.4) is 0 Å². The van der Waals surface area contributed by atoms with E-state index in [0.717, 1.165) is 6.07 Å². The van der Waals surface area contributed by atoms with E-state index in [1.54, 1.807) is 42.5 Å². The molecule has 0 radical (unpaired) electrons. The molecule has 0 spiro atoms. The number of benzene rings is 3. The Morgan fingerprint density at radius 3 is 2.32 bits per heavy atom. The molecule has 44 heavy (non-hydrogen) atoms. The third kappa shape index (κ3) is 7.59. The second-order valence-electron chi connectivity index (χ2n) is 9.90. The number of hydrogen-bond acceptors (Lipinski definition) is 8. The number of anilines is 2. The van der Waals surface area contributed by atoms with Gasteiger partial charge in [-0.05, 0) is 68.1 Å². The van der Waals surface area contributed by atoms with Crippen LogP contribution in [0.2, 0.25) is 5.02 Å². The van der Waals surface area contributed by atoms with Crippen molar-refractivity contribution >= 4 is 51.7 Å². The van der Waals surface area contributed by atoms with Gasteiger partial charge in [0.05, 0.1) is 19.2 Å². The number of fused-ring (bicyclic) bond motifs is 1. The molecule has 1 saturated carbocycles. The number of nitrogens with one attached hydrogen (secondary N) is 2. The number of carboxylic acid groups (broad SMARTS) is 1. The van der Waals surface area contributed by atoms with Crippen LogP contribution < -0.4 is 59.5 Å². The van der Waals surface area contributed by atoms with Crippen molar-refractivity contribution in [2.75, 3.05) is 24.4 Å². The number of ether oxygens (including phenoxy) is 3. The molecule has 222 valence electrons. The zero-order valence-electron chi connectivity index (χ0n) is 23.9. The predicted molar refractivity (Wildman–Crippen MR) is 155 cm³/mol. The number of carbonyl (C=O) groups is 3. The minimum atomic E-state index is -1.25. The molecular formula is C31H26ClFN3NaO7. The van der Waals surface area contributed by atoms with Crippen molar-refractivity contribution < 1.29 is 67.6 Å². The van der Waals surface area contributed by atoms with Crippen LogP contribution in [0.1, 0.15) is 25.7 Å². The van der Waals surface area contributed by atoms with Gasteiger partial charge in [-0.15, -0.1) is 0 Å². The Bertz CT molecular complexity index is 1720. The van der Waals surface area contributed by atoms with Gasteiger partial charge in [0.2, 0.25) is 11.8 Å². The first kappa shape index (κ1) is 33.0. The number of carboxylic acids is 1. The molecule has 5 rings (SSSR count). The fraction of sp³-hybridized carbons (Fsp3) is 0.226. The minimum absolute atomic E-state index is 0. The second-order valence-corrected chi connectivity index (χ2v) is 10.3. The van der Waals surface area contributed by atoms with Crippen molar-refractivity contribution in [1.29, 1.82) is 0 Å². The average Bonchev–Trinajstić information content (AvgIpc) is 3.79. The summed E-state index contributed by atoms with van der Waals surface area (Å²) >= 11 is 5.98. The molecule has 2 N–H and O–H groups in total. The van der Waals surface area contributed by atoms with Gasteiger partial charge in [0.15, 0.2) is 23.1 Å². The van der Waals surface area contributed by atoms with Crippen LogP contribution in [0, 0.1) is 11.2 Å². The van der Waals surface area contributed by atoms with E-state index in [2.05, 4.69) is 15.6 Å². The maximum atomic E-state index is 15.1. The van der Waals surface area contributed by atoms with E-state index in [1.165, 1.54) is 25.4 Å². The molecule has 1 aromatic heterocycles. The fourth-order valence-electron chi connectivity index (χ4n) is 4.42. The van der Waals surface area contributed by atoms with E-state index in [1.807, 2.05) is 0 Å². The average molecular weight is 630 g/mol. The molecule has 0 bridgehead atoms. The fourth-order valence-corrected chi connectivity index (χ4v) is 4.61. The Morgan fingerprint density at radius 2 is 1.68 bits per heavy atom. The van der Waals surface area contributed by atoms with E-state index in [9.17, 15) is 19.5 Å². The number of carbonyl (C=O) groups excluding carboxylic acids is 3. The number of amides is 2. The molecular weight excluding hydrogens is 604 g/mol. The minimum Gasteiger partial charge on any atom is -0.550 e. The number of hydrogen-bond donors (Lipinski definition) is 2. The second kappa shape index (κ2) is 14.3. The zero-order valence-corrected chi connectivity index (χ0v) is 26.7. The van der Waals surface area contributed by atoms with Crippen molar-refractivity contribution in [3.05, 3.63) is 77.7 Å². The molecule has 1 aliphatic carbocycles. The first-order chi connectivity index (χ1) is 20.7. The molecule has 1 fully saturated rings. The number of halogens is 2. The SMILES string of the molecule is COc1cc2c(Oc3ccc(NC(=O)C4(C(=O)Nc5cccc(Cl)c5)CC4)cc3F)ccnc2cc1OCCCC(=O)[O-].[Na+]. The van der Waals surface area contributed by atoms with Crippen LogP contribution in [0.5, 0.6) is 23.0 Å². The third-order valence-electron chi connectivity index (χ3n) is 6.88. The molecule has 3 aromatic carbocycles. The van der Waals surface area contributed by atoms with E-state index < -0.39 is 29.0 Å². The molecule has 0 atom stereocenters. The largest absolute Gasteiger partial charge is 1.00 e. The number of rotatable bonds is 12. The summed E-state index contributed by atoms with van der Waals surface area (Å²) in [4.78, 5) is 40.9. The summed E-state index contributed by atoms with van der Waals surface area (Å²) in [5, 5.41) is 17.0. The molecule has 0 unspecified atom stereocenters. The molecule has 0 saturated heterocycles. The molecule has 4 aromatic rings. The Kier molecular flexibility index (Phi) is 10.7. The van der Waals surface area contributed by atoms with Crippen LogP contribution in [0.15, 0.2) is 66.9 Å². The quantitative estimate of drug-likeness (QED) is 0.138. The third-order valence-corrected chi connectivity index (χ3v) is 7.12. The maximum Gasteiger partial charge on any atom is 1.00 e. The normalized spacial score (nSPS) is 12.9. The number of aromatic nitrogens is 1. The summed E-state index contributed by atoms with van der Waals surface area (Å²) in [5.41, 5.74) is -0.136. The molecule has 13 heteroatoms. The first-order valence-electron chi connectivity index (χ1n) is 13.3. The number of aliphatic carboxylic acids is 1. The van der Waals surface area contributed by atoms with Gasteiger partial charge in [0.1, 0.15) is 11.2 Å². The number of pyridine rings is 1. The summed E-state index contributed by atoms with van der Waals surface area (Å²) in [6.45, 7) is 0.133. The summed E-state index contributed by atoms with van der Waals surface area (Å²) < 4.78 is 32.1. The Balaban J connectivity index is 0.00000442. The van der Waals surface area contributed by atoms with Crippen LogP contribution >= 0.6 is 11.6 Å². The summed E-state index contributed by atoms with van der Waals surface area (Å²) in [6.07, 6.45) is 2.33. The molecule has 1 aliphatic rings. The van der Waals surface area contributed by atoms with E-state index in [0.29, 0.717) is 46.0 Å². The predicted octanol–water partition coefficient (Wildman–Crippen LogP) is 2.10. The van der Waals surface area contributed by atoms with Gasteiger partial charge < -0.3 is 34.7 Å². The van der Waals surface area contributed by atoms with Crippen molar-refractivity contribution in [3.63, 3.8) is 0 Å². The molecule has 10 nitrogen and oxygen atoms in total. The van der Waals surface area contributed by atoms with E-state index >= 15 is 4.39 Å². The van der Waals surface area contributed by atoms with Gasteiger partial charge in [-0.1, -0.05) is 17.7 Å². The van der Waals surface area contributed by atoms with Crippen molar-refractivity contribution in [1.82, 2.24) is 4.98 Å². The summed E-state index contributed by atoms with van der Waals surface area (Å²) in [5.74, 6) is -2.00. The number of nitrogens with zero attached hydrogens (tertiary/aromatic N) is 1. The van der Waals surface area contributed by atoms with Gasteiger partial charge in [0, 0.05) is 46.1 Å². The van der Waals surface area contributed by atoms with Crippen LogP contribution in [-0.2, 0) is 14.4 Å². The number of methoxy groups -OCH3 is 1.